The second-order valence-electron chi connectivity index (χ2n) is 14.0. The van der Waals surface area contributed by atoms with Crippen LogP contribution in [0.2, 0.25) is 0 Å². The summed E-state index contributed by atoms with van der Waals surface area (Å²) in [6, 6.07) is 65.8. The van der Waals surface area contributed by atoms with E-state index in [0.29, 0.717) is 17.5 Å². The summed E-state index contributed by atoms with van der Waals surface area (Å²) in [7, 11) is 0. The first-order chi connectivity index (χ1) is 27.7. The fraction of sp³-hybridized carbons (Fsp3) is 0. The van der Waals surface area contributed by atoms with E-state index in [1.807, 2.05) is 53.8 Å². The molecule has 0 aliphatic carbocycles. The molecule has 8 aromatic carbocycles. The Bertz CT molecular complexity index is 3230. The second kappa shape index (κ2) is 13.3. The Morgan fingerprint density at radius 2 is 0.786 bits per heavy atom. The molecule has 262 valence electrons. The lowest BCUT2D eigenvalue weighted by atomic mass is 9.99. The van der Waals surface area contributed by atoms with E-state index < -0.39 is 0 Å². The molecular weight excluding hydrogens is 703 g/mol. The molecule has 0 bridgehead atoms. The molecule has 56 heavy (non-hydrogen) atoms. The van der Waals surface area contributed by atoms with Crippen molar-refractivity contribution in [2.45, 2.75) is 0 Å². The van der Waals surface area contributed by atoms with Gasteiger partial charge in [-0.3, -0.25) is 0 Å². The highest BCUT2D eigenvalue weighted by Gasteiger charge is 2.19. The zero-order valence-electron chi connectivity index (χ0n) is 30.1. The Morgan fingerprint density at radius 3 is 1.43 bits per heavy atom. The quantitative estimate of drug-likeness (QED) is 0.171. The molecule has 0 atom stereocenters. The highest BCUT2D eigenvalue weighted by Crippen LogP contribution is 2.41. The van der Waals surface area contributed by atoms with Gasteiger partial charge in [0, 0.05) is 42.1 Å². The molecule has 0 saturated carbocycles. The molecular formula is C51H31N3OS. The van der Waals surface area contributed by atoms with Gasteiger partial charge >= 0.3 is 0 Å². The Labute approximate surface area is 327 Å². The number of rotatable bonds is 6. The maximum absolute atomic E-state index is 6.77. The lowest BCUT2D eigenvalue weighted by Crippen LogP contribution is -2.00. The van der Waals surface area contributed by atoms with E-state index in [1.165, 1.54) is 31.3 Å². The second-order valence-corrected chi connectivity index (χ2v) is 15.1. The van der Waals surface area contributed by atoms with Gasteiger partial charge in [-0.2, -0.15) is 0 Å². The van der Waals surface area contributed by atoms with Gasteiger partial charge in [0.1, 0.15) is 11.2 Å². The smallest absolute Gasteiger partial charge is 0.167 e. The molecule has 0 radical (unpaired) electrons. The molecule has 0 aliphatic heterocycles. The van der Waals surface area contributed by atoms with Gasteiger partial charge in [-0.1, -0.05) is 146 Å². The van der Waals surface area contributed by atoms with Crippen molar-refractivity contribution in [3.8, 4) is 67.5 Å². The SMILES string of the molecule is c1ccc(-c2ccc(-c3nc(-c4ccccc4)nc(-c4cccc5c4oc4cc(-c6ccc7sc8ccc(-c9ccccc9)cc8c7c6)ccc45)n3)cc2)cc1. The van der Waals surface area contributed by atoms with Gasteiger partial charge < -0.3 is 4.42 Å². The first-order valence-corrected chi connectivity index (χ1v) is 19.5. The van der Waals surface area contributed by atoms with Crippen LogP contribution in [0.5, 0.6) is 0 Å². The van der Waals surface area contributed by atoms with Crippen molar-refractivity contribution >= 4 is 53.4 Å². The van der Waals surface area contributed by atoms with Crippen LogP contribution in [0.15, 0.2) is 192 Å². The van der Waals surface area contributed by atoms with E-state index in [4.69, 9.17) is 19.4 Å². The fourth-order valence-corrected chi connectivity index (χ4v) is 8.77. The third-order valence-corrected chi connectivity index (χ3v) is 11.7. The molecule has 5 heteroatoms. The third-order valence-electron chi connectivity index (χ3n) is 10.6. The van der Waals surface area contributed by atoms with Gasteiger partial charge in [-0.25, -0.2) is 15.0 Å². The van der Waals surface area contributed by atoms with Crippen LogP contribution < -0.4 is 0 Å². The van der Waals surface area contributed by atoms with Crippen molar-refractivity contribution in [2.75, 3.05) is 0 Å². The summed E-state index contributed by atoms with van der Waals surface area (Å²) in [4.78, 5) is 15.1. The monoisotopic (exact) mass is 733 g/mol. The summed E-state index contributed by atoms with van der Waals surface area (Å²) in [6.45, 7) is 0. The number of hydrogen-bond donors (Lipinski definition) is 0. The van der Waals surface area contributed by atoms with E-state index in [2.05, 4.69) is 146 Å². The Hall–Kier alpha value is -7.21. The zero-order chi connectivity index (χ0) is 37.0. The van der Waals surface area contributed by atoms with Gasteiger partial charge in [-0.05, 0) is 75.8 Å². The van der Waals surface area contributed by atoms with Gasteiger partial charge in [0.05, 0.1) is 5.56 Å². The third kappa shape index (κ3) is 5.65. The van der Waals surface area contributed by atoms with Crippen LogP contribution in [-0.4, -0.2) is 15.0 Å². The highest BCUT2D eigenvalue weighted by molar-refractivity contribution is 7.25. The maximum atomic E-state index is 6.77. The number of hydrogen-bond acceptors (Lipinski definition) is 5. The van der Waals surface area contributed by atoms with Crippen LogP contribution in [-0.2, 0) is 0 Å². The number of nitrogens with zero attached hydrogens (tertiary/aromatic N) is 3. The van der Waals surface area contributed by atoms with Gasteiger partial charge in [0.15, 0.2) is 17.5 Å². The van der Waals surface area contributed by atoms with E-state index >= 15 is 0 Å². The van der Waals surface area contributed by atoms with Crippen LogP contribution in [0.3, 0.4) is 0 Å². The molecule has 4 nitrogen and oxygen atoms in total. The summed E-state index contributed by atoms with van der Waals surface area (Å²) < 4.78 is 9.33. The molecule has 0 fully saturated rings. The summed E-state index contributed by atoms with van der Waals surface area (Å²) in [6.07, 6.45) is 0. The molecule has 0 amide bonds. The van der Waals surface area contributed by atoms with Crippen LogP contribution in [0.4, 0.5) is 0 Å². The Balaban J connectivity index is 1.01. The molecule has 11 aromatic rings. The average Bonchev–Trinajstić information content (AvgIpc) is 3.84. The predicted octanol–water partition coefficient (Wildman–Crippen LogP) is 14.1. The number of benzene rings is 8. The largest absolute Gasteiger partial charge is 0.455 e. The number of para-hydroxylation sites is 1. The lowest BCUT2D eigenvalue weighted by Gasteiger charge is -2.09. The molecule has 0 N–H and O–H groups in total. The van der Waals surface area contributed by atoms with Crippen LogP contribution >= 0.6 is 11.3 Å². The van der Waals surface area contributed by atoms with E-state index in [-0.39, 0.29) is 0 Å². The van der Waals surface area contributed by atoms with Gasteiger partial charge in [0.25, 0.3) is 0 Å². The topological polar surface area (TPSA) is 51.8 Å². The van der Waals surface area contributed by atoms with Crippen LogP contribution in [0.1, 0.15) is 0 Å². The number of fused-ring (bicyclic) bond motifs is 6. The minimum Gasteiger partial charge on any atom is -0.455 e. The molecule has 3 aromatic heterocycles. The fourth-order valence-electron chi connectivity index (χ4n) is 7.71. The highest BCUT2D eigenvalue weighted by atomic mass is 32.1. The summed E-state index contributed by atoms with van der Waals surface area (Å²) >= 11 is 1.84. The maximum Gasteiger partial charge on any atom is 0.167 e. The average molecular weight is 734 g/mol. The van der Waals surface area contributed by atoms with Crippen molar-refractivity contribution in [2.24, 2.45) is 0 Å². The first kappa shape index (κ1) is 32.2. The van der Waals surface area contributed by atoms with Crippen molar-refractivity contribution < 1.29 is 4.42 Å². The van der Waals surface area contributed by atoms with E-state index in [9.17, 15) is 0 Å². The molecule has 0 unspecified atom stereocenters. The summed E-state index contributed by atoms with van der Waals surface area (Å²) in [5.74, 6) is 1.78. The van der Waals surface area contributed by atoms with E-state index in [1.54, 1.807) is 0 Å². The van der Waals surface area contributed by atoms with Crippen molar-refractivity contribution in [1.29, 1.82) is 0 Å². The predicted molar refractivity (Wildman–Crippen MR) is 233 cm³/mol. The summed E-state index contributed by atoms with van der Waals surface area (Å²) in [5, 5.41) is 4.62. The minimum atomic E-state index is 0.565. The number of thiophene rings is 1. The van der Waals surface area contributed by atoms with Crippen molar-refractivity contribution in [3.63, 3.8) is 0 Å². The van der Waals surface area contributed by atoms with Crippen LogP contribution in [0.25, 0.3) is 110 Å². The Kier molecular flexibility index (Phi) is 7.64. The molecule has 11 rings (SSSR count). The normalized spacial score (nSPS) is 11.6. The molecule has 0 spiro atoms. The van der Waals surface area contributed by atoms with Gasteiger partial charge in [-0.15, -0.1) is 11.3 Å². The van der Waals surface area contributed by atoms with Crippen molar-refractivity contribution in [1.82, 2.24) is 15.0 Å². The number of aromatic nitrogens is 3. The van der Waals surface area contributed by atoms with Crippen LogP contribution in [0, 0.1) is 0 Å². The first-order valence-electron chi connectivity index (χ1n) is 18.7. The number of furan rings is 1. The Morgan fingerprint density at radius 1 is 0.321 bits per heavy atom. The minimum absolute atomic E-state index is 0.565. The van der Waals surface area contributed by atoms with E-state index in [0.717, 1.165) is 60.9 Å². The summed E-state index contributed by atoms with van der Waals surface area (Å²) in [5.41, 5.74) is 11.2. The zero-order valence-corrected chi connectivity index (χ0v) is 30.9. The molecule has 0 saturated heterocycles. The lowest BCUT2D eigenvalue weighted by molar-refractivity contribution is 0.669. The van der Waals surface area contributed by atoms with Gasteiger partial charge in [0.2, 0.25) is 0 Å². The van der Waals surface area contributed by atoms with Crippen molar-refractivity contribution in [3.05, 3.63) is 188 Å². The molecule has 0 aliphatic rings. The standard InChI is InChI=1S/C51H31N3OS/c1-4-11-32(12-5-1)34-19-21-36(22-20-34)50-52-49(35-15-8-3-9-16-35)53-51(54-50)42-18-10-17-41-40-26-23-39(31-45(40)55-48(41)42)38-25-28-47-44(30-38)43-29-37(24-27-46(43)56-47)33-13-6-2-7-14-33/h1-31H. The molecule has 3 heterocycles.